The second-order valence-electron chi connectivity index (χ2n) is 3.99. The highest BCUT2D eigenvalue weighted by Gasteiger charge is 2.16. The maximum Gasteiger partial charge on any atom is 0.321 e. The van der Waals surface area contributed by atoms with Crippen molar-refractivity contribution in [3.63, 3.8) is 0 Å². The fourth-order valence-corrected chi connectivity index (χ4v) is 1.52. The third-order valence-electron chi connectivity index (χ3n) is 2.45. The van der Waals surface area contributed by atoms with Gasteiger partial charge in [-0.1, -0.05) is 30.3 Å². The summed E-state index contributed by atoms with van der Waals surface area (Å²) in [6.07, 6.45) is 0.784. The number of carboxylic acids is 1. The average molecular weight is 235 g/mol. The van der Waals surface area contributed by atoms with Crippen molar-refractivity contribution in [2.24, 2.45) is 0 Å². The summed E-state index contributed by atoms with van der Waals surface area (Å²) in [5, 5.41) is 11.9. The van der Waals surface area contributed by atoms with E-state index in [-0.39, 0.29) is 5.78 Å². The van der Waals surface area contributed by atoms with Gasteiger partial charge in [-0.3, -0.25) is 9.59 Å². The van der Waals surface area contributed by atoms with Gasteiger partial charge in [0.25, 0.3) is 0 Å². The lowest BCUT2D eigenvalue weighted by molar-refractivity contribution is -0.139. The molecule has 1 unspecified atom stereocenters. The molecule has 0 aliphatic heterocycles. The Morgan fingerprint density at radius 1 is 1.29 bits per heavy atom. The number of carboxylic acid groups (broad SMARTS) is 1. The molecule has 92 valence electrons. The van der Waals surface area contributed by atoms with Crippen molar-refractivity contribution in [1.82, 2.24) is 5.32 Å². The zero-order valence-corrected chi connectivity index (χ0v) is 9.85. The van der Waals surface area contributed by atoms with Gasteiger partial charge >= 0.3 is 5.97 Å². The Hall–Kier alpha value is -1.68. The second-order valence-corrected chi connectivity index (χ2v) is 3.99. The van der Waals surface area contributed by atoms with Gasteiger partial charge in [0.05, 0.1) is 0 Å². The standard InChI is InChI=1S/C13H17NO3/c1-10(15)7-8-14-12(13(16)17)9-11-5-3-2-4-6-11/h2-6,12,14H,7-9H2,1H3,(H,16,17). The summed E-state index contributed by atoms with van der Waals surface area (Å²) in [6.45, 7) is 1.90. The SMILES string of the molecule is CC(=O)CCNC(Cc1ccccc1)C(=O)O. The zero-order chi connectivity index (χ0) is 12.7. The molecular weight excluding hydrogens is 218 g/mol. The summed E-state index contributed by atoms with van der Waals surface area (Å²) in [5.41, 5.74) is 0.968. The van der Waals surface area contributed by atoms with E-state index in [0.717, 1.165) is 5.56 Å². The third kappa shape index (κ3) is 5.26. The molecule has 0 aliphatic carbocycles. The van der Waals surface area contributed by atoms with E-state index in [1.807, 2.05) is 30.3 Å². The molecule has 0 bridgehead atoms. The van der Waals surface area contributed by atoms with Gasteiger partial charge in [0.2, 0.25) is 0 Å². The van der Waals surface area contributed by atoms with Crippen LogP contribution in [-0.2, 0) is 16.0 Å². The summed E-state index contributed by atoms with van der Waals surface area (Å²) in [4.78, 5) is 21.8. The van der Waals surface area contributed by atoms with E-state index in [9.17, 15) is 9.59 Å². The highest BCUT2D eigenvalue weighted by atomic mass is 16.4. The first-order valence-corrected chi connectivity index (χ1v) is 5.59. The minimum atomic E-state index is -0.891. The first-order chi connectivity index (χ1) is 8.09. The topological polar surface area (TPSA) is 66.4 Å². The molecule has 4 nitrogen and oxygen atoms in total. The number of benzene rings is 1. The van der Waals surface area contributed by atoms with Crippen molar-refractivity contribution >= 4 is 11.8 Å². The van der Waals surface area contributed by atoms with Crippen molar-refractivity contribution in [2.75, 3.05) is 6.54 Å². The number of carbonyl (C=O) groups excluding carboxylic acids is 1. The van der Waals surface area contributed by atoms with Crippen molar-refractivity contribution in [3.05, 3.63) is 35.9 Å². The minimum Gasteiger partial charge on any atom is -0.480 e. The lowest BCUT2D eigenvalue weighted by Crippen LogP contribution is -2.39. The molecule has 1 aromatic carbocycles. The fourth-order valence-electron chi connectivity index (χ4n) is 1.52. The van der Waals surface area contributed by atoms with Crippen LogP contribution in [0.4, 0.5) is 0 Å². The molecule has 0 aliphatic rings. The largest absolute Gasteiger partial charge is 0.480 e. The number of carbonyl (C=O) groups is 2. The normalized spacial score (nSPS) is 12.1. The quantitative estimate of drug-likeness (QED) is 0.746. The van der Waals surface area contributed by atoms with Crippen molar-refractivity contribution in [2.45, 2.75) is 25.8 Å². The van der Waals surface area contributed by atoms with Crippen LogP contribution >= 0.6 is 0 Å². The molecule has 0 saturated carbocycles. The fraction of sp³-hybridized carbons (Fsp3) is 0.385. The van der Waals surface area contributed by atoms with E-state index >= 15 is 0 Å². The van der Waals surface area contributed by atoms with Crippen LogP contribution in [0.15, 0.2) is 30.3 Å². The van der Waals surface area contributed by atoms with Gasteiger partial charge < -0.3 is 10.4 Å². The number of Topliss-reactive ketones (excluding diaryl/α,β-unsaturated/α-hetero) is 1. The van der Waals surface area contributed by atoms with Gasteiger partial charge in [0.1, 0.15) is 11.8 Å². The highest BCUT2D eigenvalue weighted by Crippen LogP contribution is 2.03. The molecule has 0 fully saturated rings. The van der Waals surface area contributed by atoms with Gasteiger partial charge in [0, 0.05) is 13.0 Å². The first kappa shape index (κ1) is 13.4. The second kappa shape index (κ2) is 6.81. The monoisotopic (exact) mass is 235 g/mol. The molecule has 0 spiro atoms. The molecule has 2 N–H and O–H groups in total. The van der Waals surface area contributed by atoms with E-state index < -0.39 is 12.0 Å². The van der Waals surface area contributed by atoms with E-state index in [2.05, 4.69) is 5.32 Å². The Kier molecular flexibility index (Phi) is 5.36. The smallest absolute Gasteiger partial charge is 0.321 e. The highest BCUT2D eigenvalue weighted by molar-refractivity contribution is 5.76. The van der Waals surface area contributed by atoms with Crippen molar-refractivity contribution in [1.29, 1.82) is 0 Å². The number of hydrogen-bond donors (Lipinski definition) is 2. The van der Waals surface area contributed by atoms with Crippen LogP contribution in [0.2, 0.25) is 0 Å². The Morgan fingerprint density at radius 3 is 2.47 bits per heavy atom. The van der Waals surface area contributed by atoms with E-state index in [0.29, 0.717) is 19.4 Å². The van der Waals surface area contributed by atoms with E-state index in [1.165, 1.54) is 6.92 Å². The Labute approximate surface area is 101 Å². The molecule has 17 heavy (non-hydrogen) atoms. The molecule has 0 saturated heterocycles. The summed E-state index contributed by atoms with van der Waals surface area (Å²) in [6, 6.07) is 8.79. The van der Waals surface area contributed by atoms with Crippen LogP contribution in [0, 0.1) is 0 Å². The number of hydrogen-bond acceptors (Lipinski definition) is 3. The maximum atomic E-state index is 11.0. The summed E-state index contributed by atoms with van der Waals surface area (Å²) >= 11 is 0. The predicted octanol–water partition coefficient (Wildman–Crippen LogP) is 1.25. The molecule has 0 radical (unpaired) electrons. The summed E-state index contributed by atoms with van der Waals surface area (Å²) in [5.74, 6) is -0.834. The Balaban J connectivity index is 2.49. The van der Waals surface area contributed by atoms with Gasteiger partial charge in [-0.2, -0.15) is 0 Å². The van der Waals surface area contributed by atoms with Gasteiger partial charge in [-0.25, -0.2) is 0 Å². The van der Waals surface area contributed by atoms with Crippen LogP contribution < -0.4 is 5.32 Å². The zero-order valence-electron chi connectivity index (χ0n) is 9.85. The first-order valence-electron chi connectivity index (χ1n) is 5.59. The van der Waals surface area contributed by atoms with Gasteiger partial charge in [-0.05, 0) is 18.9 Å². The third-order valence-corrected chi connectivity index (χ3v) is 2.45. The molecule has 0 heterocycles. The lowest BCUT2D eigenvalue weighted by atomic mass is 10.1. The molecule has 1 aromatic rings. The predicted molar refractivity (Wildman–Crippen MR) is 64.9 cm³/mol. The Morgan fingerprint density at radius 2 is 1.94 bits per heavy atom. The Bertz CT molecular complexity index is 376. The van der Waals surface area contributed by atoms with Crippen molar-refractivity contribution < 1.29 is 14.7 Å². The molecule has 4 heteroatoms. The molecular formula is C13H17NO3. The molecule has 0 aromatic heterocycles. The molecule has 0 amide bonds. The maximum absolute atomic E-state index is 11.0. The number of nitrogens with one attached hydrogen (secondary N) is 1. The van der Waals surface area contributed by atoms with Gasteiger partial charge in [0.15, 0.2) is 0 Å². The van der Waals surface area contributed by atoms with Crippen LogP contribution in [-0.4, -0.2) is 29.4 Å². The van der Waals surface area contributed by atoms with Crippen LogP contribution in [0.5, 0.6) is 0 Å². The van der Waals surface area contributed by atoms with Gasteiger partial charge in [-0.15, -0.1) is 0 Å². The van der Waals surface area contributed by atoms with Crippen LogP contribution in [0.25, 0.3) is 0 Å². The summed E-state index contributed by atoms with van der Waals surface area (Å²) < 4.78 is 0. The number of aliphatic carboxylic acids is 1. The number of ketones is 1. The lowest BCUT2D eigenvalue weighted by Gasteiger charge is -2.13. The van der Waals surface area contributed by atoms with Crippen molar-refractivity contribution in [3.8, 4) is 0 Å². The average Bonchev–Trinajstić information content (AvgIpc) is 2.28. The number of rotatable bonds is 7. The summed E-state index contributed by atoms with van der Waals surface area (Å²) in [7, 11) is 0. The van der Waals surface area contributed by atoms with E-state index in [4.69, 9.17) is 5.11 Å². The van der Waals surface area contributed by atoms with E-state index in [1.54, 1.807) is 0 Å². The minimum absolute atomic E-state index is 0.0568. The molecule has 1 rings (SSSR count). The van der Waals surface area contributed by atoms with Crippen LogP contribution in [0.3, 0.4) is 0 Å². The van der Waals surface area contributed by atoms with Crippen LogP contribution in [0.1, 0.15) is 18.9 Å². The molecule has 1 atom stereocenters.